The van der Waals surface area contributed by atoms with Crippen LogP contribution < -0.4 is 10.5 Å². The zero-order valence-corrected chi connectivity index (χ0v) is 10.7. The van der Waals surface area contributed by atoms with Crippen LogP contribution in [0.2, 0.25) is 0 Å². The summed E-state index contributed by atoms with van der Waals surface area (Å²) in [6.07, 6.45) is 2.88. The van der Waals surface area contributed by atoms with E-state index in [2.05, 4.69) is 11.1 Å². The average molecular weight is 232 g/mol. The molecule has 3 nitrogen and oxygen atoms in total. The van der Waals surface area contributed by atoms with Crippen molar-refractivity contribution in [2.24, 2.45) is 5.73 Å². The highest BCUT2D eigenvalue weighted by Gasteiger charge is 2.15. The summed E-state index contributed by atoms with van der Waals surface area (Å²) in [6, 6.07) is 6.11. The molecule has 0 spiro atoms. The molecule has 0 saturated heterocycles. The van der Waals surface area contributed by atoms with Gasteiger partial charge in [0.2, 0.25) is 0 Å². The first-order valence-electron chi connectivity index (χ1n) is 6.02. The van der Waals surface area contributed by atoms with Crippen molar-refractivity contribution in [3.8, 4) is 5.75 Å². The van der Waals surface area contributed by atoms with Gasteiger partial charge < -0.3 is 15.5 Å². The largest absolute Gasteiger partial charge is 0.492 e. The first-order valence-corrected chi connectivity index (χ1v) is 6.02. The van der Waals surface area contributed by atoms with Crippen LogP contribution >= 0.6 is 0 Å². The Hall–Kier alpha value is -1.48. The molecule has 0 aliphatic carbocycles. The van der Waals surface area contributed by atoms with Crippen molar-refractivity contribution >= 4 is 10.9 Å². The molecular formula is C14H20N2O. The van der Waals surface area contributed by atoms with Gasteiger partial charge in [-0.1, -0.05) is 12.1 Å². The van der Waals surface area contributed by atoms with Crippen LogP contribution in [0.15, 0.2) is 24.4 Å². The number of benzene rings is 1. The van der Waals surface area contributed by atoms with E-state index in [0.717, 1.165) is 17.7 Å². The minimum Gasteiger partial charge on any atom is -0.492 e. The van der Waals surface area contributed by atoms with Crippen LogP contribution in [0.5, 0.6) is 5.75 Å². The molecule has 3 heteroatoms. The van der Waals surface area contributed by atoms with Gasteiger partial charge in [-0.2, -0.15) is 0 Å². The Balaban J connectivity index is 2.44. The number of H-pyrrole nitrogens is 1. The van der Waals surface area contributed by atoms with E-state index in [4.69, 9.17) is 10.5 Å². The number of nitrogens with two attached hydrogens (primary N) is 1. The first kappa shape index (κ1) is 12.0. The number of hydrogen-bond acceptors (Lipinski definition) is 2. The second-order valence-electron chi connectivity index (χ2n) is 5.09. The molecule has 1 aromatic carbocycles. The topological polar surface area (TPSA) is 51.0 Å². The summed E-state index contributed by atoms with van der Waals surface area (Å²) in [5.41, 5.74) is 8.18. The third-order valence-corrected chi connectivity index (χ3v) is 2.71. The molecule has 2 aromatic rings. The van der Waals surface area contributed by atoms with Crippen LogP contribution in [0, 0.1) is 0 Å². The molecule has 0 radical (unpaired) electrons. The van der Waals surface area contributed by atoms with E-state index < -0.39 is 0 Å². The normalized spacial score (nSPS) is 12.0. The molecule has 2 rings (SSSR count). The van der Waals surface area contributed by atoms with Crippen molar-refractivity contribution in [2.75, 3.05) is 6.61 Å². The van der Waals surface area contributed by atoms with Crippen LogP contribution in [0.4, 0.5) is 0 Å². The Kier molecular flexibility index (Phi) is 3.11. The van der Waals surface area contributed by atoms with Crippen molar-refractivity contribution in [2.45, 2.75) is 32.7 Å². The monoisotopic (exact) mass is 232 g/mol. The highest BCUT2D eigenvalue weighted by atomic mass is 16.5. The average Bonchev–Trinajstić information content (AvgIpc) is 2.61. The van der Waals surface area contributed by atoms with Crippen molar-refractivity contribution in [1.82, 2.24) is 4.98 Å². The molecular weight excluding hydrogens is 212 g/mol. The van der Waals surface area contributed by atoms with E-state index in [1.807, 2.05) is 39.1 Å². The SMILES string of the molecule is CCOc1cccc2c(CC(C)(C)N)c[nH]c12. The van der Waals surface area contributed by atoms with E-state index in [1.165, 1.54) is 10.9 Å². The summed E-state index contributed by atoms with van der Waals surface area (Å²) in [6.45, 7) is 6.75. The molecule has 0 aliphatic rings. The number of aromatic nitrogens is 1. The maximum absolute atomic E-state index is 6.07. The summed E-state index contributed by atoms with van der Waals surface area (Å²) in [4.78, 5) is 3.28. The first-order chi connectivity index (χ1) is 8.01. The summed E-state index contributed by atoms with van der Waals surface area (Å²) >= 11 is 0. The molecule has 17 heavy (non-hydrogen) atoms. The van der Waals surface area contributed by atoms with E-state index in [9.17, 15) is 0 Å². The highest BCUT2D eigenvalue weighted by molar-refractivity contribution is 5.88. The Morgan fingerprint density at radius 1 is 1.35 bits per heavy atom. The number of rotatable bonds is 4. The Morgan fingerprint density at radius 3 is 2.76 bits per heavy atom. The van der Waals surface area contributed by atoms with Crippen LogP contribution in [-0.4, -0.2) is 17.1 Å². The predicted octanol–water partition coefficient (Wildman–Crippen LogP) is 2.85. The number of hydrogen-bond donors (Lipinski definition) is 2. The quantitative estimate of drug-likeness (QED) is 0.851. The summed E-state index contributed by atoms with van der Waals surface area (Å²) < 4.78 is 5.60. The molecule has 0 bridgehead atoms. The molecule has 0 atom stereocenters. The number of aromatic amines is 1. The fourth-order valence-corrected chi connectivity index (χ4v) is 2.10. The highest BCUT2D eigenvalue weighted by Crippen LogP contribution is 2.28. The molecule has 0 unspecified atom stereocenters. The lowest BCUT2D eigenvalue weighted by molar-refractivity contribution is 0.343. The van der Waals surface area contributed by atoms with Gasteiger partial charge in [0.25, 0.3) is 0 Å². The van der Waals surface area contributed by atoms with E-state index >= 15 is 0 Å². The fourth-order valence-electron chi connectivity index (χ4n) is 2.10. The van der Waals surface area contributed by atoms with E-state index in [-0.39, 0.29) is 5.54 Å². The van der Waals surface area contributed by atoms with Gasteiger partial charge in [-0.05, 0) is 38.8 Å². The zero-order valence-electron chi connectivity index (χ0n) is 10.7. The number of fused-ring (bicyclic) bond motifs is 1. The number of para-hydroxylation sites is 1. The van der Waals surface area contributed by atoms with Gasteiger partial charge in [0.1, 0.15) is 5.75 Å². The smallest absolute Gasteiger partial charge is 0.143 e. The molecule has 3 N–H and O–H groups in total. The lowest BCUT2D eigenvalue weighted by atomic mass is 9.96. The second kappa shape index (κ2) is 4.41. The van der Waals surface area contributed by atoms with Crippen molar-refractivity contribution in [3.05, 3.63) is 30.0 Å². The summed E-state index contributed by atoms with van der Waals surface area (Å²) in [5.74, 6) is 0.908. The fraction of sp³-hybridized carbons (Fsp3) is 0.429. The second-order valence-corrected chi connectivity index (χ2v) is 5.09. The molecule has 0 aliphatic heterocycles. The number of nitrogens with one attached hydrogen (secondary N) is 1. The Morgan fingerprint density at radius 2 is 2.12 bits per heavy atom. The third-order valence-electron chi connectivity index (χ3n) is 2.71. The molecule has 1 heterocycles. The van der Waals surface area contributed by atoms with Gasteiger partial charge in [0.15, 0.2) is 0 Å². The maximum atomic E-state index is 6.07. The minimum absolute atomic E-state index is 0.198. The van der Waals surface area contributed by atoms with Gasteiger partial charge in [0.05, 0.1) is 12.1 Å². The van der Waals surface area contributed by atoms with Crippen molar-refractivity contribution in [1.29, 1.82) is 0 Å². The Labute approximate surface area is 102 Å². The zero-order chi connectivity index (χ0) is 12.5. The van der Waals surface area contributed by atoms with Gasteiger partial charge >= 0.3 is 0 Å². The van der Waals surface area contributed by atoms with Crippen LogP contribution in [0.3, 0.4) is 0 Å². The lowest BCUT2D eigenvalue weighted by Gasteiger charge is -2.17. The van der Waals surface area contributed by atoms with Crippen LogP contribution in [-0.2, 0) is 6.42 Å². The molecule has 0 fully saturated rings. The number of ether oxygens (including phenoxy) is 1. The molecule has 1 aromatic heterocycles. The van der Waals surface area contributed by atoms with Gasteiger partial charge in [-0.3, -0.25) is 0 Å². The van der Waals surface area contributed by atoms with Crippen molar-refractivity contribution < 1.29 is 4.74 Å². The minimum atomic E-state index is -0.198. The van der Waals surface area contributed by atoms with E-state index in [1.54, 1.807) is 0 Å². The van der Waals surface area contributed by atoms with E-state index in [0.29, 0.717) is 6.61 Å². The van der Waals surface area contributed by atoms with Crippen LogP contribution in [0.1, 0.15) is 26.3 Å². The van der Waals surface area contributed by atoms with Gasteiger partial charge in [0, 0.05) is 17.1 Å². The summed E-state index contributed by atoms with van der Waals surface area (Å²) in [5, 5.41) is 1.20. The summed E-state index contributed by atoms with van der Waals surface area (Å²) in [7, 11) is 0. The van der Waals surface area contributed by atoms with Crippen LogP contribution in [0.25, 0.3) is 10.9 Å². The third kappa shape index (κ3) is 2.61. The Bertz CT molecular complexity index is 508. The van der Waals surface area contributed by atoms with Gasteiger partial charge in [-0.25, -0.2) is 0 Å². The molecule has 92 valence electrons. The van der Waals surface area contributed by atoms with Crippen molar-refractivity contribution in [3.63, 3.8) is 0 Å². The lowest BCUT2D eigenvalue weighted by Crippen LogP contribution is -2.34. The van der Waals surface area contributed by atoms with Gasteiger partial charge in [-0.15, -0.1) is 0 Å². The molecule has 0 amide bonds. The molecule has 0 saturated carbocycles. The predicted molar refractivity (Wildman–Crippen MR) is 71.4 cm³/mol. The standard InChI is InChI=1S/C14H20N2O/c1-4-17-12-7-5-6-11-10(8-14(2,3)15)9-16-13(11)12/h5-7,9,16H,4,8,15H2,1-3H3. The maximum Gasteiger partial charge on any atom is 0.143 e.